The standard InChI is InChI=1S/C26H29N3O4S/c1-33-24-11-12-25(22-9-3-2-8-21(22)24)34(31,32)29-18-19(20-7-4-5-10-23(20)29)17-26(30)28-15-6-13-27-14-16-28/h2-5,7-12,19,27H,6,13-18H2,1H3. The zero-order valence-corrected chi connectivity index (χ0v) is 20.1. The monoisotopic (exact) mass is 479 g/mol. The van der Waals surface area contributed by atoms with Gasteiger partial charge in [-0.3, -0.25) is 9.10 Å². The molecule has 0 saturated carbocycles. The van der Waals surface area contributed by atoms with Gasteiger partial charge in [0.25, 0.3) is 10.0 Å². The molecule has 0 bridgehead atoms. The van der Waals surface area contributed by atoms with Crippen molar-refractivity contribution < 1.29 is 17.9 Å². The number of hydrogen-bond acceptors (Lipinski definition) is 5. The van der Waals surface area contributed by atoms with E-state index in [2.05, 4.69) is 5.32 Å². The second kappa shape index (κ2) is 9.27. The number of carbonyl (C=O) groups excluding carboxylic acids is 1. The summed E-state index contributed by atoms with van der Waals surface area (Å²) in [5, 5.41) is 4.69. The van der Waals surface area contributed by atoms with Crippen molar-refractivity contribution in [2.24, 2.45) is 0 Å². The fraction of sp³-hybridized carbons (Fsp3) is 0.346. The maximum absolute atomic E-state index is 14.0. The number of sulfonamides is 1. The molecule has 0 radical (unpaired) electrons. The van der Waals surface area contributed by atoms with Crippen LogP contribution in [0.2, 0.25) is 0 Å². The van der Waals surface area contributed by atoms with Crippen molar-refractivity contribution in [3.05, 3.63) is 66.2 Å². The quantitative estimate of drug-likeness (QED) is 0.607. The van der Waals surface area contributed by atoms with Crippen molar-refractivity contribution in [2.45, 2.75) is 23.7 Å². The number of para-hydroxylation sites is 1. The van der Waals surface area contributed by atoms with Crippen LogP contribution in [0.1, 0.15) is 24.3 Å². The van der Waals surface area contributed by atoms with Crippen LogP contribution in [0.25, 0.3) is 10.8 Å². The van der Waals surface area contributed by atoms with Crippen LogP contribution >= 0.6 is 0 Å². The lowest BCUT2D eigenvalue weighted by atomic mass is 9.97. The molecule has 1 unspecified atom stereocenters. The minimum absolute atomic E-state index is 0.0812. The molecule has 178 valence electrons. The summed E-state index contributed by atoms with van der Waals surface area (Å²) in [6.45, 7) is 3.38. The van der Waals surface area contributed by atoms with Gasteiger partial charge >= 0.3 is 0 Å². The van der Waals surface area contributed by atoms with E-state index in [9.17, 15) is 13.2 Å². The van der Waals surface area contributed by atoms with Gasteiger partial charge < -0.3 is 15.0 Å². The Labute approximate surface area is 200 Å². The van der Waals surface area contributed by atoms with E-state index in [1.165, 1.54) is 4.31 Å². The molecule has 34 heavy (non-hydrogen) atoms. The Balaban J connectivity index is 1.49. The molecular formula is C26H29N3O4S. The number of fused-ring (bicyclic) bond motifs is 2. The fourth-order valence-electron chi connectivity index (χ4n) is 5.06. The van der Waals surface area contributed by atoms with E-state index < -0.39 is 10.0 Å². The lowest BCUT2D eigenvalue weighted by molar-refractivity contribution is -0.131. The summed E-state index contributed by atoms with van der Waals surface area (Å²) in [4.78, 5) is 15.2. The molecule has 1 amide bonds. The van der Waals surface area contributed by atoms with Crippen molar-refractivity contribution in [1.29, 1.82) is 0 Å². The minimum atomic E-state index is -3.86. The normalized spacial score (nSPS) is 18.6. The van der Waals surface area contributed by atoms with Crippen molar-refractivity contribution >= 4 is 32.4 Å². The fourth-order valence-corrected chi connectivity index (χ4v) is 6.79. The molecule has 7 nitrogen and oxygen atoms in total. The van der Waals surface area contributed by atoms with Gasteiger partial charge in [0.1, 0.15) is 5.75 Å². The van der Waals surface area contributed by atoms with Crippen LogP contribution < -0.4 is 14.4 Å². The third-order valence-corrected chi connectivity index (χ3v) is 8.62. The highest BCUT2D eigenvalue weighted by molar-refractivity contribution is 7.93. The molecule has 2 heterocycles. The van der Waals surface area contributed by atoms with Crippen molar-refractivity contribution in [2.75, 3.05) is 44.1 Å². The number of methoxy groups -OCH3 is 1. The molecule has 2 aliphatic heterocycles. The number of nitrogens with one attached hydrogen (secondary N) is 1. The molecule has 0 aromatic heterocycles. The number of carbonyl (C=O) groups is 1. The number of hydrogen-bond donors (Lipinski definition) is 1. The average Bonchev–Trinajstić information content (AvgIpc) is 3.03. The Morgan fingerprint density at radius 2 is 1.76 bits per heavy atom. The van der Waals surface area contributed by atoms with Gasteiger partial charge in [0.2, 0.25) is 5.91 Å². The number of rotatable bonds is 5. The molecule has 1 saturated heterocycles. The average molecular weight is 480 g/mol. The molecule has 0 aliphatic carbocycles. The molecule has 1 fully saturated rings. The summed E-state index contributed by atoms with van der Waals surface area (Å²) < 4.78 is 34.9. The number of benzene rings is 3. The summed E-state index contributed by atoms with van der Waals surface area (Å²) in [6, 6.07) is 18.2. The van der Waals surface area contributed by atoms with Crippen LogP contribution in [-0.4, -0.2) is 59.1 Å². The molecule has 3 aromatic rings. The first kappa shape index (κ1) is 22.7. The smallest absolute Gasteiger partial charge is 0.264 e. The molecule has 2 aliphatic rings. The SMILES string of the molecule is COc1ccc(S(=O)(=O)N2CC(CC(=O)N3CCCNCC3)c3ccccc32)c2ccccc12. The van der Waals surface area contributed by atoms with E-state index in [-0.39, 0.29) is 23.3 Å². The largest absolute Gasteiger partial charge is 0.496 e. The number of ether oxygens (including phenoxy) is 1. The zero-order valence-electron chi connectivity index (χ0n) is 19.2. The topological polar surface area (TPSA) is 79.0 Å². The first-order chi connectivity index (χ1) is 16.5. The molecule has 3 aromatic carbocycles. The summed E-state index contributed by atoms with van der Waals surface area (Å²) in [5.74, 6) is 0.531. The first-order valence-electron chi connectivity index (χ1n) is 11.7. The maximum atomic E-state index is 14.0. The van der Waals surface area contributed by atoms with Crippen LogP contribution in [0, 0.1) is 0 Å². The van der Waals surface area contributed by atoms with E-state index in [1.807, 2.05) is 47.4 Å². The van der Waals surface area contributed by atoms with E-state index in [0.717, 1.165) is 37.0 Å². The van der Waals surface area contributed by atoms with E-state index in [1.54, 1.807) is 25.3 Å². The summed E-state index contributed by atoms with van der Waals surface area (Å²) in [5.41, 5.74) is 1.56. The van der Waals surface area contributed by atoms with Gasteiger partial charge in [-0.1, -0.05) is 42.5 Å². The van der Waals surface area contributed by atoms with Crippen LogP contribution in [0.4, 0.5) is 5.69 Å². The predicted octanol–water partition coefficient (Wildman–Crippen LogP) is 3.35. The molecule has 1 N–H and O–H groups in total. The molecule has 0 spiro atoms. The second-order valence-electron chi connectivity index (χ2n) is 8.79. The molecular weight excluding hydrogens is 450 g/mol. The van der Waals surface area contributed by atoms with Gasteiger partial charge in [0.05, 0.1) is 17.7 Å². The Kier molecular flexibility index (Phi) is 6.18. The highest BCUT2D eigenvalue weighted by Crippen LogP contribution is 2.43. The Morgan fingerprint density at radius 3 is 2.59 bits per heavy atom. The number of amides is 1. The van der Waals surface area contributed by atoms with Crippen molar-refractivity contribution in [3.8, 4) is 5.75 Å². The van der Waals surface area contributed by atoms with E-state index in [0.29, 0.717) is 29.8 Å². The zero-order chi connectivity index (χ0) is 23.7. The Morgan fingerprint density at radius 1 is 1.00 bits per heavy atom. The Bertz CT molecular complexity index is 1320. The van der Waals surface area contributed by atoms with Gasteiger partial charge in [-0.2, -0.15) is 0 Å². The maximum Gasteiger partial charge on any atom is 0.264 e. The summed E-state index contributed by atoms with van der Waals surface area (Å²) >= 11 is 0. The molecule has 5 rings (SSSR count). The van der Waals surface area contributed by atoms with Crippen LogP contribution in [0.5, 0.6) is 5.75 Å². The third-order valence-electron chi connectivity index (χ3n) is 6.78. The number of nitrogens with zero attached hydrogens (tertiary/aromatic N) is 2. The first-order valence-corrected chi connectivity index (χ1v) is 13.1. The van der Waals surface area contributed by atoms with Gasteiger partial charge in [0.15, 0.2) is 0 Å². The van der Waals surface area contributed by atoms with Crippen LogP contribution in [-0.2, 0) is 14.8 Å². The van der Waals surface area contributed by atoms with Crippen molar-refractivity contribution in [3.63, 3.8) is 0 Å². The lowest BCUT2D eigenvalue weighted by Gasteiger charge is -2.23. The third kappa shape index (κ3) is 4.01. The van der Waals surface area contributed by atoms with Crippen molar-refractivity contribution in [1.82, 2.24) is 10.2 Å². The predicted molar refractivity (Wildman–Crippen MR) is 133 cm³/mol. The van der Waals surface area contributed by atoms with Gasteiger partial charge in [-0.25, -0.2) is 8.42 Å². The van der Waals surface area contributed by atoms with Gasteiger partial charge in [0, 0.05) is 49.3 Å². The second-order valence-corrected chi connectivity index (χ2v) is 10.6. The highest BCUT2D eigenvalue weighted by atomic mass is 32.2. The summed E-state index contributed by atoms with van der Waals surface area (Å²) in [7, 11) is -2.28. The summed E-state index contributed by atoms with van der Waals surface area (Å²) in [6.07, 6.45) is 1.23. The van der Waals surface area contributed by atoms with Crippen LogP contribution in [0.15, 0.2) is 65.6 Å². The minimum Gasteiger partial charge on any atom is -0.496 e. The van der Waals surface area contributed by atoms with Crippen LogP contribution in [0.3, 0.4) is 0 Å². The van der Waals surface area contributed by atoms with Gasteiger partial charge in [-0.15, -0.1) is 0 Å². The highest BCUT2D eigenvalue weighted by Gasteiger charge is 2.38. The van der Waals surface area contributed by atoms with Gasteiger partial charge in [-0.05, 0) is 36.7 Å². The van der Waals surface area contributed by atoms with E-state index in [4.69, 9.17) is 4.74 Å². The molecule has 1 atom stereocenters. The number of anilines is 1. The van der Waals surface area contributed by atoms with E-state index >= 15 is 0 Å². The lowest BCUT2D eigenvalue weighted by Crippen LogP contribution is -2.36. The molecule has 8 heteroatoms. The Hall–Kier alpha value is -3.10.